The number of nitrogens with zero attached hydrogens (tertiary/aromatic N) is 3. The predicted octanol–water partition coefficient (Wildman–Crippen LogP) is 4.20. The molecule has 2 unspecified atom stereocenters. The van der Waals surface area contributed by atoms with Crippen LogP contribution in [0.1, 0.15) is 42.7 Å². The second kappa shape index (κ2) is 8.73. The number of sulfone groups is 1. The summed E-state index contributed by atoms with van der Waals surface area (Å²) >= 11 is 0. The Morgan fingerprint density at radius 3 is 2.24 bits per heavy atom. The minimum absolute atomic E-state index is 0.0901. The van der Waals surface area contributed by atoms with Crippen molar-refractivity contribution >= 4 is 15.5 Å². The lowest BCUT2D eigenvalue weighted by Gasteiger charge is -2.39. The molecule has 2 atom stereocenters. The van der Waals surface area contributed by atoms with E-state index in [-0.39, 0.29) is 5.56 Å². The molecule has 1 saturated heterocycles. The second-order valence-corrected chi connectivity index (χ2v) is 11.9. The molecule has 1 aliphatic heterocycles. The van der Waals surface area contributed by atoms with Gasteiger partial charge in [0.1, 0.15) is 11.9 Å². The SMILES string of the molecule is CS(=O)(=O)c1ccccc1C1CC2CC(N3CCN(c4ccc(C#N)c(F)c4)CC3)CC2C1. The molecular formula is C26H30FN3O2S. The maximum atomic E-state index is 14.0. The van der Waals surface area contributed by atoms with Gasteiger partial charge in [-0.2, -0.15) is 5.26 Å². The molecule has 7 heteroatoms. The van der Waals surface area contributed by atoms with E-state index in [0.717, 1.165) is 50.3 Å². The van der Waals surface area contributed by atoms with E-state index < -0.39 is 15.7 Å². The molecule has 0 radical (unpaired) electrons. The monoisotopic (exact) mass is 467 g/mol. The van der Waals surface area contributed by atoms with Gasteiger partial charge in [-0.05, 0) is 73.3 Å². The van der Waals surface area contributed by atoms with Gasteiger partial charge in [-0.3, -0.25) is 4.90 Å². The van der Waals surface area contributed by atoms with Gasteiger partial charge in [-0.1, -0.05) is 18.2 Å². The van der Waals surface area contributed by atoms with Crippen LogP contribution in [0.5, 0.6) is 0 Å². The summed E-state index contributed by atoms with van der Waals surface area (Å²) in [5.41, 5.74) is 1.95. The Hall–Kier alpha value is -2.43. The number of nitriles is 1. The van der Waals surface area contributed by atoms with E-state index in [9.17, 15) is 12.8 Å². The van der Waals surface area contributed by atoms with Crippen LogP contribution in [-0.4, -0.2) is 51.8 Å². The number of benzene rings is 2. The van der Waals surface area contributed by atoms with Crippen LogP contribution in [0.15, 0.2) is 47.4 Å². The van der Waals surface area contributed by atoms with E-state index in [1.807, 2.05) is 30.3 Å². The first-order chi connectivity index (χ1) is 15.8. The van der Waals surface area contributed by atoms with Crippen LogP contribution in [0.2, 0.25) is 0 Å². The summed E-state index contributed by atoms with van der Waals surface area (Å²) in [5, 5.41) is 8.94. The number of piperazine rings is 1. The van der Waals surface area contributed by atoms with Crippen LogP contribution in [0.3, 0.4) is 0 Å². The molecule has 2 aliphatic carbocycles. The van der Waals surface area contributed by atoms with Crippen molar-refractivity contribution < 1.29 is 12.8 Å². The zero-order chi connectivity index (χ0) is 23.2. The molecule has 0 N–H and O–H groups in total. The lowest BCUT2D eigenvalue weighted by atomic mass is 9.93. The first-order valence-electron chi connectivity index (χ1n) is 11.8. The summed E-state index contributed by atoms with van der Waals surface area (Å²) < 4.78 is 38.5. The maximum absolute atomic E-state index is 14.0. The van der Waals surface area contributed by atoms with Gasteiger partial charge in [0.15, 0.2) is 9.84 Å². The zero-order valence-electron chi connectivity index (χ0n) is 19.0. The van der Waals surface area contributed by atoms with Gasteiger partial charge >= 0.3 is 0 Å². The smallest absolute Gasteiger partial charge is 0.175 e. The Balaban J connectivity index is 1.18. The van der Waals surface area contributed by atoms with Crippen molar-refractivity contribution in [1.82, 2.24) is 4.90 Å². The number of halogens is 1. The highest BCUT2D eigenvalue weighted by atomic mass is 32.2. The normalized spacial score (nSPS) is 28.0. The quantitative estimate of drug-likeness (QED) is 0.675. The molecule has 1 heterocycles. The van der Waals surface area contributed by atoms with Gasteiger partial charge in [0.2, 0.25) is 0 Å². The average molecular weight is 468 g/mol. The maximum Gasteiger partial charge on any atom is 0.175 e. The molecule has 0 bridgehead atoms. The molecule has 0 spiro atoms. The van der Waals surface area contributed by atoms with Crippen molar-refractivity contribution in [3.63, 3.8) is 0 Å². The van der Waals surface area contributed by atoms with Crippen molar-refractivity contribution in [2.75, 3.05) is 37.3 Å². The Morgan fingerprint density at radius 1 is 0.970 bits per heavy atom. The second-order valence-electron chi connectivity index (χ2n) is 9.92. The van der Waals surface area contributed by atoms with Crippen LogP contribution in [0.25, 0.3) is 0 Å². The van der Waals surface area contributed by atoms with Crippen LogP contribution in [0, 0.1) is 29.0 Å². The number of hydrogen-bond acceptors (Lipinski definition) is 5. The Morgan fingerprint density at radius 2 is 1.64 bits per heavy atom. The third-order valence-electron chi connectivity index (χ3n) is 8.02. The molecule has 0 amide bonds. The van der Waals surface area contributed by atoms with Gasteiger partial charge in [0, 0.05) is 44.2 Å². The highest BCUT2D eigenvalue weighted by Crippen LogP contribution is 2.52. The molecule has 33 heavy (non-hydrogen) atoms. The summed E-state index contributed by atoms with van der Waals surface area (Å²) in [4.78, 5) is 5.30. The van der Waals surface area contributed by atoms with E-state index in [1.54, 1.807) is 12.1 Å². The highest BCUT2D eigenvalue weighted by Gasteiger charge is 2.44. The fourth-order valence-electron chi connectivity index (χ4n) is 6.43. The third kappa shape index (κ3) is 4.39. The van der Waals surface area contributed by atoms with Crippen molar-refractivity contribution in [3.05, 3.63) is 59.4 Å². The van der Waals surface area contributed by atoms with Crippen LogP contribution in [-0.2, 0) is 9.84 Å². The fourth-order valence-corrected chi connectivity index (χ4v) is 7.42. The molecule has 5 rings (SSSR count). The van der Waals surface area contributed by atoms with Gasteiger partial charge in [-0.25, -0.2) is 12.8 Å². The summed E-state index contributed by atoms with van der Waals surface area (Å²) in [6.45, 7) is 3.65. The lowest BCUT2D eigenvalue weighted by Crippen LogP contribution is -2.50. The molecule has 2 aromatic rings. The Bertz CT molecular complexity index is 1170. The first-order valence-corrected chi connectivity index (χ1v) is 13.7. The van der Waals surface area contributed by atoms with Crippen LogP contribution in [0.4, 0.5) is 10.1 Å². The zero-order valence-corrected chi connectivity index (χ0v) is 19.8. The number of anilines is 1. The van der Waals surface area contributed by atoms with Gasteiger partial charge < -0.3 is 4.90 Å². The predicted molar refractivity (Wildman–Crippen MR) is 126 cm³/mol. The third-order valence-corrected chi connectivity index (χ3v) is 9.19. The van der Waals surface area contributed by atoms with Crippen molar-refractivity contribution in [2.45, 2.75) is 42.5 Å². The number of fused-ring (bicyclic) bond motifs is 1. The van der Waals surface area contributed by atoms with Gasteiger partial charge in [0.25, 0.3) is 0 Å². The highest BCUT2D eigenvalue weighted by molar-refractivity contribution is 7.90. The fraction of sp³-hybridized carbons (Fsp3) is 0.500. The first kappa shape index (κ1) is 22.4. The van der Waals surface area contributed by atoms with E-state index >= 15 is 0 Å². The van der Waals surface area contributed by atoms with E-state index in [4.69, 9.17) is 5.26 Å². The van der Waals surface area contributed by atoms with Crippen molar-refractivity contribution in [3.8, 4) is 6.07 Å². The van der Waals surface area contributed by atoms with E-state index in [2.05, 4.69) is 9.80 Å². The minimum atomic E-state index is -3.21. The molecule has 0 aromatic heterocycles. The molecule has 5 nitrogen and oxygen atoms in total. The molecule has 174 valence electrons. The number of rotatable bonds is 4. The number of hydrogen-bond donors (Lipinski definition) is 0. The Labute approximate surface area is 195 Å². The topological polar surface area (TPSA) is 64.4 Å². The summed E-state index contributed by atoms with van der Waals surface area (Å²) in [7, 11) is -3.21. The molecule has 3 fully saturated rings. The summed E-state index contributed by atoms with van der Waals surface area (Å²) in [6, 6.07) is 14.9. The van der Waals surface area contributed by atoms with Gasteiger partial charge in [-0.15, -0.1) is 0 Å². The van der Waals surface area contributed by atoms with E-state index in [0.29, 0.717) is 28.7 Å². The van der Waals surface area contributed by atoms with Crippen molar-refractivity contribution in [2.24, 2.45) is 11.8 Å². The Kier molecular flexibility index (Phi) is 5.92. The summed E-state index contributed by atoms with van der Waals surface area (Å²) in [5.74, 6) is 1.22. The molecular weight excluding hydrogens is 437 g/mol. The lowest BCUT2D eigenvalue weighted by molar-refractivity contribution is 0.179. The largest absolute Gasteiger partial charge is 0.369 e. The van der Waals surface area contributed by atoms with Crippen LogP contribution < -0.4 is 4.90 Å². The average Bonchev–Trinajstić information content (AvgIpc) is 3.38. The summed E-state index contributed by atoms with van der Waals surface area (Å²) in [6.07, 6.45) is 5.85. The van der Waals surface area contributed by atoms with E-state index in [1.165, 1.54) is 25.2 Å². The molecule has 2 saturated carbocycles. The van der Waals surface area contributed by atoms with Gasteiger partial charge in [0.05, 0.1) is 10.5 Å². The standard InChI is InChI=1S/C26H30FN3O2S/c1-33(31,32)26-5-3-2-4-24(26)21-12-19-14-23(15-20(19)13-21)30-10-8-29(9-11-30)22-7-6-18(17-28)25(27)16-22/h2-7,16,19-21,23H,8-15H2,1H3. The minimum Gasteiger partial charge on any atom is -0.369 e. The van der Waals surface area contributed by atoms with Crippen molar-refractivity contribution in [1.29, 1.82) is 5.26 Å². The molecule has 2 aromatic carbocycles. The molecule has 3 aliphatic rings. The van der Waals surface area contributed by atoms with Crippen LogP contribution >= 0.6 is 0 Å².